The fourth-order valence-corrected chi connectivity index (χ4v) is 5.28. The normalized spacial score (nSPS) is 18.8. The van der Waals surface area contributed by atoms with Crippen molar-refractivity contribution in [1.29, 1.82) is 0 Å². The summed E-state index contributed by atoms with van der Waals surface area (Å²) in [5.74, 6) is 2.40. The number of Topliss-reactive ketones (excluding diaryl/α,β-unsaturated/α-hetero) is 1. The van der Waals surface area contributed by atoms with Gasteiger partial charge in [0.1, 0.15) is 5.75 Å². The van der Waals surface area contributed by atoms with Gasteiger partial charge in [0.05, 0.1) is 36.7 Å². The Morgan fingerprint density at radius 3 is 2.16 bits per heavy atom. The first kappa shape index (κ1) is 25.7. The predicted molar refractivity (Wildman–Crippen MR) is 151 cm³/mol. The molecule has 0 saturated heterocycles. The smallest absolute Gasteiger partial charge is 0.163 e. The minimum atomic E-state index is -0.321. The molecule has 2 aliphatic rings. The Balaban J connectivity index is 1.53. The van der Waals surface area contributed by atoms with Gasteiger partial charge in [-0.1, -0.05) is 30.3 Å². The highest BCUT2D eigenvalue weighted by molar-refractivity contribution is 6.01. The number of methoxy groups -OCH3 is 1. The Morgan fingerprint density at radius 1 is 0.789 bits per heavy atom. The van der Waals surface area contributed by atoms with E-state index in [0.29, 0.717) is 17.9 Å². The number of carbonyl (C=O) groups excluding carboxylic acids is 1. The average Bonchev–Trinajstić information content (AvgIpc) is 3.05. The molecule has 0 radical (unpaired) electrons. The van der Waals surface area contributed by atoms with Gasteiger partial charge in [-0.2, -0.15) is 0 Å². The lowest BCUT2D eigenvalue weighted by Crippen LogP contribution is -2.27. The molecule has 1 heterocycles. The lowest BCUT2D eigenvalue weighted by molar-refractivity contribution is -0.116. The molecule has 0 saturated carbocycles. The van der Waals surface area contributed by atoms with Crippen LogP contribution in [0.1, 0.15) is 63.6 Å². The van der Waals surface area contributed by atoms with Gasteiger partial charge in [-0.25, -0.2) is 0 Å². The largest absolute Gasteiger partial charge is 0.493 e. The second-order valence-corrected chi connectivity index (χ2v) is 10.5. The van der Waals surface area contributed by atoms with Gasteiger partial charge in [0.2, 0.25) is 0 Å². The minimum absolute atomic E-state index is 0.0269. The van der Waals surface area contributed by atoms with E-state index < -0.39 is 0 Å². The number of hydrogen-bond donors (Lipinski definition) is 2. The maximum absolute atomic E-state index is 13.9. The second-order valence-electron chi connectivity index (χ2n) is 10.5. The molecule has 1 aliphatic heterocycles. The highest BCUT2D eigenvalue weighted by atomic mass is 16.5. The molecule has 0 fully saturated rings. The maximum atomic E-state index is 13.9. The summed E-state index contributed by atoms with van der Waals surface area (Å²) in [4.78, 5) is 13.9. The van der Waals surface area contributed by atoms with Gasteiger partial charge in [0.15, 0.2) is 17.3 Å². The van der Waals surface area contributed by atoms with E-state index in [1.54, 1.807) is 7.11 Å². The van der Waals surface area contributed by atoms with Crippen LogP contribution in [-0.4, -0.2) is 25.1 Å². The number of allylic oxidation sites excluding steroid dienone is 1. The van der Waals surface area contributed by atoms with Gasteiger partial charge in [0, 0.05) is 17.7 Å². The standard InChI is InChI=1S/C32H36N2O4/c1-19(2)37-24-13-10-21(11-14-24)23-16-27-31(28(35)17-23)32(34-26-9-7-6-8-25(26)33-27)22-12-15-29(38-20(3)4)30(18-22)36-5/h6-15,18-20,23,32-34H,16-17H2,1-5H3. The Hall–Kier alpha value is -3.93. The summed E-state index contributed by atoms with van der Waals surface area (Å²) < 4.78 is 17.4. The minimum Gasteiger partial charge on any atom is -0.493 e. The van der Waals surface area contributed by atoms with Crippen molar-refractivity contribution in [3.8, 4) is 17.2 Å². The van der Waals surface area contributed by atoms with Crippen LogP contribution in [0.25, 0.3) is 0 Å². The number of ketones is 1. The first-order valence-corrected chi connectivity index (χ1v) is 13.3. The number of ether oxygens (including phenoxy) is 3. The van der Waals surface area contributed by atoms with Crippen molar-refractivity contribution in [3.05, 3.63) is 89.1 Å². The second kappa shape index (κ2) is 10.8. The van der Waals surface area contributed by atoms with Crippen LogP contribution < -0.4 is 24.8 Å². The summed E-state index contributed by atoms with van der Waals surface area (Å²) in [5.41, 5.74) is 5.73. The summed E-state index contributed by atoms with van der Waals surface area (Å²) in [7, 11) is 1.64. The molecule has 38 heavy (non-hydrogen) atoms. The van der Waals surface area contributed by atoms with Crippen LogP contribution in [-0.2, 0) is 4.79 Å². The molecular weight excluding hydrogens is 476 g/mol. The van der Waals surface area contributed by atoms with Gasteiger partial charge in [-0.15, -0.1) is 0 Å². The molecule has 3 aromatic carbocycles. The molecule has 0 bridgehead atoms. The fraction of sp³-hybridized carbons (Fsp3) is 0.344. The molecule has 5 rings (SSSR count). The number of hydrogen-bond acceptors (Lipinski definition) is 6. The number of carbonyl (C=O) groups is 1. The first-order chi connectivity index (χ1) is 18.3. The third-order valence-corrected chi connectivity index (χ3v) is 6.92. The Kier molecular flexibility index (Phi) is 7.32. The van der Waals surface area contributed by atoms with E-state index in [0.717, 1.165) is 45.9 Å². The predicted octanol–water partition coefficient (Wildman–Crippen LogP) is 7.25. The van der Waals surface area contributed by atoms with Crippen molar-refractivity contribution >= 4 is 17.2 Å². The van der Waals surface area contributed by atoms with E-state index in [4.69, 9.17) is 14.2 Å². The molecule has 0 amide bonds. The van der Waals surface area contributed by atoms with Crippen LogP contribution >= 0.6 is 0 Å². The van der Waals surface area contributed by atoms with E-state index in [1.807, 2.05) is 82.3 Å². The SMILES string of the molecule is COc1cc(C2Nc3ccccc3NC3=C2C(=O)CC(c2ccc(OC(C)C)cc2)C3)ccc1OC(C)C. The quantitative estimate of drug-likeness (QED) is 0.348. The summed E-state index contributed by atoms with van der Waals surface area (Å²) in [5, 5.41) is 7.25. The molecular formula is C32H36N2O4. The van der Waals surface area contributed by atoms with Crippen LogP contribution in [0.15, 0.2) is 78.0 Å². The van der Waals surface area contributed by atoms with Crippen molar-refractivity contribution in [3.63, 3.8) is 0 Å². The average molecular weight is 513 g/mol. The summed E-state index contributed by atoms with van der Waals surface area (Å²) in [6.45, 7) is 8.01. The Bertz CT molecular complexity index is 1340. The van der Waals surface area contributed by atoms with Crippen LogP contribution in [0.3, 0.4) is 0 Å². The molecule has 2 N–H and O–H groups in total. The maximum Gasteiger partial charge on any atom is 0.163 e. The summed E-state index contributed by atoms with van der Waals surface area (Å²) in [6, 6.07) is 21.8. The molecule has 198 valence electrons. The molecule has 2 atom stereocenters. The number of fused-ring (bicyclic) bond motifs is 1. The van der Waals surface area contributed by atoms with Gasteiger partial charge in [-0.05, 0) is 87.6 Å². The third-order valence-electron chi connectivity index (χ3n) is 6.92. The topological polar surface area (TPSA) is 68.8 Å². The van der Waals surface area contributed by atoms with E-state index in [9.17, 15) is 4.79 Å². The third kappa shape index (κ3) is 5.35. The van der Waals surface area contributed by atoms with Crippen LogP contribution in [0.4, 0.5) is 11.4 Å². The number of para-hydroxylation sites is 2. The summed E-state index contributed by atoms with van der Waals surface area (Å²) >= 11 is 0. The fourth-order valence-electron chi connectivity index (χ4n) is 5.28. The number of anilines is 2. The van der Waals surface area contributed by atoms with E-state index in [1.165, 1.54) is 0 Å². The number of nitrogens with one attached hydrogen (secondary N) is 2. The van der Waals surface area contributed by atoms with Crippen molar-refractivity contribution < 1.29 is 19.0 Å². The molecule has 1 aliphatic carbocycles. The molecule has 6 nitrogen and oxygen atoms in total. The molecule has 0 aromatic heterocycles. The van der Waals surface area contributed by atoms with Gasteiger partial charge < -0.3 is 24.8 Å². The van der Waals surface area contributed by atoms with E-state index in [-0.39, 0.29) is 30.0 Å². The number of benzene rings is 3. The van der Waals surface area contributed by atoms with Gasteiger partial charge in [0.25, 0.3) is 0 Å². The van der Waals surface area contributed by atoms with E-state index in [2.05, 4.69) is 22.8 Å². The van der Waals surface area contributed by atoms with Gasteiger partial charge in [-0.3, -0.25) is 4.79 Å². The zero-order chi connectivity index (χ0) is 26.8. The highest BCUT2D eigenvalue weighted by Crippen LogP contribution is 2.45. The van der Waals surface area contributed by atoms with Crippen molar-refractivity contribution in [2.24, 2.45) is 0 Å². The van der Waals surface area contributed by atoms with Crippen LogP contribution in [0, 0.1) is 0 Å². The van der Waals surface area contributed by atoms with Crippen LogP contribution in [0.2, 0.25) is 0 Å². The van der Waals surface area contributed by atoms with Gasteiger partial charge >= 0.3 is 0 Å². The van der Waals surface area contributed by atoms with Crippen molar-refractivity contribution in [2.45, 2.75) is 64.7 Å². The molecule has 0 spiro atoms. The Labute approximate surface area is 225 Å². The van der Waals surface area contributed by atoms with Crippen LogP contribution in [0.5, 0.6) is 17.2 Å². The number of rotatable bonds is 7. The highest BCUT2D eigenvalue weighted by Gasteiger charge is 2.36. The van der Waals surface area contributed by atoms with Crippen molar-refractivity contribution in [1.82, 2.24) is 0 Å². The van der Waals surface area contributed by atoms with E-state index >= 15 is 0 Å². The summed E-state index contributed by atoms with van der Waals surface area (Å²) in [6.07, 6.45) is 1.34. The molecule has 3 aromatic rings. The molecule has 2 unspecified atom stereocenters. The zero-order valence-corrected chi connectivity index (χ0v) is 22.7. The molecule has 6 heteroatoms. The lowest BCUT2D eigenvalue weighted by Gasteiger charge is -2.30. The monoisotopic (exact) mass is 512 g/mol. The van der Waals surface area contributed by atoms with Crippen molar-refractivity contribution in [2.75, 3.05) is 17.7 Å². The lowest BCUT2D eigenvalue weighted by atomic mass is 9.78. The first-order valence-electron chi connectivity index (χ1n) is 13.3. The Morgan fingerprint density at radius 2 is 1.47 bits per heavy atom. The zero-order valence-electron chi connectivity index (χ0n) is 22.7.